The van der Waals surface area contributed by atoms with Gasteiger partial charge in [-0.05, 0) is 0 Å². The Labute approximate surface area is 61.0 Å². The van der Waals surface area contributed by atoms with Gasteiger partial charge in [0.2, 0.25) is 0 Å². The minimum Gasteiger partial charge on any atom is -0.304 e. The summed E-state index contributed by atoms with van der Waals surface area (Å²) in [6.45, 7) is 2.05. The first-order valence-corrected chi connectivity index (χ1v) is 3.76. The van der Waals surface area contributed by atoms with Crippen molar-refractivity contribution in [3.05, 3.63) is 24.3 Å². The molecule has 0 amide bonds. The van der Waals surface area contributed by atoms with E-state index in [1.54, 1.807) is 0 Å². The van der Waals surface area contributed by atoms with E-state index in [4.69, 9.17) is 0 Å². The van der Waals surface area contributed by atoms with E-state index < -0.39 is 0 Å². The molecule has 0 aromatic carbocycles. The lowest BCUT2D eigenvalue weighted by atomic mass is 9.94. The molecule has 0 bridgehead atoms. The van der Waals surface area contributed by atoms with Gasteiger partial charge in [0, 0.05) is 25.2 Å². The molecule has 2 heteroatoms. The van der Waals surface area contributed by atoms with Crippen LogP contribution in [0.5, 0.6) is 0 Å². The van der Waals surface area contributed by atoms with Gasteiger partial charge in [-0.25, -0.2) is 0 Å². The summed E-state index contributed by atoms with van der Waals surface area (Å²) in [6, 6.07) is 0.575. The molecule has 2 N–H and O–H groups in total. The van der Waals surface area contributed by atoms with Crippen LogP contribution in [0, 0.1) is 5.92 Å². The third-order valence-electron chi connectivity index (χ3n) is 2.09. The van der Waals surface area contributed by atoms with Gasteiger partial charge in [0.05, 0.1) is 0 Å². The Bertz CT molecular complexity index is 152. The Morgan fingerprint density at radius 3 is 3.00 bits per heavy atom. The smallest absolute Gasteiger partial charge is 0.0459 e. The summed E-state index contributed by atoms with van der Waals surface area (Å²) in [5, 5.41) is 6.66. The summed E-state index contributed by atoms with van der Waals surface area (Å²) in [5.74, 6) is 0.666. The predicted molar refractivity (Wildman–Crippen MR) is 41.6 cm³/mol. The van der Waals surface area contributed by atoms with Gasteiger partial charge < -0.3 is 5.32 Å². The molecule has 0 spiro atoms. The van der Waals surface area contributed by atoms with Crippen LogP contribution in [-0.2, 0) is 0 Å². The highest BCUT2D eigenvalue weighted by molar-refractivity contribution is 5.18. The van der Waals surface area contributed by atoms with Crippen molar-refractivity contribution in [1.82, 2.24) is 10.6 Å². The minimum atomic E-state index is 0.575. The van der Waals surface area contributed by atoms with Crippen LogP contribution in [0.15, 0.2) is 24.3 Å². The van der Waals surface area contributed by atoms with E-state index in [0.29, 0.717) is 12.0 Å². The first kappa shape index (κ1) is 6.13. The van der Waals surface area contributed by atoms with Gasteiger partial charge in [0.25, 0.3) is 0 Å². The van der Waals surface area contributed by atoms with Gasteiger partial charge in [-0.15, -0.1) is 0 Å². The molecule has 2 atom stereocenters. The second-order valence-corrected chi connectivity index (χ2v) is 2.79. The number of fused-ring (bicyclic) bond motifs is 1. The average molecular weight is 136 g/mol. The number of allylic oxidation sites excluding steroid dienone is 2. The summed E-state index contributed by atoms with van der Waals surface area (Å²) in [6.07, 6.45) is 8.71. The Morgan fingerprint density at radius 2 is 2.10 bits per heavy atom. The molecule has 0 aromatic rings. The van der Waals surface area contributed by atoms with Gasteiger partial charge in [0.1, 0.15) is 0 Å². The molecular formula is C8H12N2. The average Bonchev–Trinajstić information content (AvgIpc) is 2.05. The van der Waals surface area contributed by atoms with Crippen molar-refractivity contribution in [2.24, 2.45) is 5.92 Å². The summed E-state index contributed by atoms with van der Waals surface area (Å²) < 4.78 is 0. The number of nitrogens with one attached hydrogen (secondary N) is 2. The van der Waals surface area contributed by atoms with E-state index >= 15 is 0 Å². The fourth-order valence-corrected chi connectivity index (χ4v) is 1.50. The summed E-state index contributed by atoms with van der Waals surface area (Å²) >= 11 is 0. The summed E-state index contributed by atoms with van der Waals surface area (Å²) in [4.78, 5) is 0. The van der Waals surface area contributed by atoms with Crippen LogP contribution in [0.2, 0.25) is 0 Å². The quantitative estimate of drug-likeness (QED) is 0.498. The normalized spacial score (nSPS) is 37.6. The molecule has 2 unspecified atom stereocenters. The van der Waals surface area contributed by atoms with Crippen molar-refractivity contribution in [1.29, 1.82) is 0 Å². The van der Waals surface area contributed by atoms with Crippen LogP contribution in [0.4, 0.5) is 0 Å². The van der Waals surface area contributed by atoms with Crippen LogP contribution < -0.4 is 10.6 Å². The molecule has 0 radical (unpaired) electrons. The van der Waals surface area contributed by atoms with Crippen LogP contribution in [-0.4, -0.2) is 19.3 Å². The maximum Gasteiger partial charge on any atom is 0.0459 e. The highest BCUT2D eigenvalue weighted by Crippen LogP contribution is 2.13. The second-order valence-electron chi connectivity index (χ2n) is 2.79. The lowest BCUT2D eigenvalue weighted by molar-refractivity contribution is 0.365. The van der Waals surface area contributed by atoms with Gasteiger partial charge in [-0.1, -0.05) is 24.3 Å². The predicted octanol–water partition coefficient (Wildman–Crippen LogP) is 0.247. The van der Waals surface area contributed by atoms with Crippen molar-refractivity contribution < 1.29 is 0 Å². The zero-order chi connectivity index (χ0) is 6.81. The van der Waals surface area contributed by atoms with Crippen molar-refractivity contribution in [3.8, 4) is 0 Å². The molecule has 2 rings (SSSR count). The second kappa shape index (κ2) is 2.56. The zero-order valence-corrected chi connectivity index (χ0v) is 5.88. The fourth-order valence-electron chi connectivity index (χ4n) is 1.50. The molecule has 54 valence electrons. The summed E-state index contributed by atoms with van der Waals surface area (Å²) in [7, 11) is 0. The zero-order valence-electron chi connectivity index (χ0n) is 5.88. The van der Waals surface area contributed by atoms with Crippen LogP contribution in [0.25, 0.3) is 0 Å². The van der Waals surface area contributed by atoms with Gasteiger partial charge in [-0.3, -0.25) is 5.32 Å². The Balaban J connectivity index is 2.09. The van der Waals surface area contributed by atoms with Crippen LogP contribution >= 0.6 is 0 Å². The van der Waals surface area contributed by atoms with E-state index in [-0.39, 0.29) is 0 Å². The summed E-state index contributed by atoms with van der Waals surface area (Å²) in [5.41, 5.74) is 0. The molecule has 10 heavy (non-hydrogen) atoms. The molecule has 1 heterocycles. The number of rotatable bonds is 0. The van der Waals surface area contributed by atoms with Gasteiger partial charge in [0.15, 0.2) is 0 Å². The maximum atomic E-state index is 3.37. The SMILES string of the molecule is C1=CC2CNCNC2C=C1. The van der Waals surface area contributed by atoms with E-state index in [9.17, 15) is 0 Å². The molecule has 1 aliphatic carbocycles. The standard InChI is InChI=1S/C8H12N2/c1-2-4-8-7(3-1)5-9-6-10-8/h1-4,7-10H,5-6H2. The Hall–Kier alpha value is -0.600. The molecule has 2 aliphatic rings. The van der Waals surface area contributed by atoms with Crippen LogP contribution in [0.1, 0.15) is 0 Å². The first-order valence-electron chi connectivity index (χ1n) is 3.76. The van der Waals surface area contributed by atoms with Crippen molar-refractivity contribution >= 4 is 0 Å². The lowest BCUT2D eigenvalue weighted by Crippen LogP contribution is -2.50. The minimum absolute atomic E-state index is 0.575. The highest BCUT2D eigenvalue weighted by atomic mass is 15.1. The van der Waals surface area contributed by atoms with E-state index in [2.05, 4.69) is 34.9 Å². The van der Waals surface area contributed by atoms with E-state index in [1.807, 2.05) is 0 Å². The van der Waals surface area contributed by atoms with Crippen LogP contribution in [0.3, 0.4) is 0 Å². The van der Waals surface area contributed by atoms with Gasteiger partial charge >= 0.3 is 0 Å². The number of hydrogen-bond donors (Lipinski definition) is 2. The molecule has 0 saturated carbocycles. The third-order valence-corrected chi connectivity index (χ3v) is 2.09. The van der Waals surface area contributed by atoms with Crippen molar-refractivity contribution in [2.45, 2.75) is 6.04 Å². The van der Waals surface area contributed by atoms with E-state index in [1.165, 1.54) is 0 Å². The molecule has 1 aliphatic heterocycles. The highest BCUT2D eigenvalue weighted by Gasteiger charge is 2.20. The van der Waals surface area contributed by atoms with Gasteiger partial charge in [-0.2, -0.15) is 0 Å². The molecular weight excluding hydrogens is 124 g/mol. The van der Waals surface area contributed by atoms with Crippen molar-refractivity contribution in [3.63, 3.8) is 0 Å². The van der Waals surface area contributed by atoms with Crippen molar-refractivity contribution in [2.75, 3.05) is 13.2 Å². The topological polar surface area (TPSA) is 24.1 Å². The first-order chi connectivity index (χ1) is 4.97. The maximum absolute atomic E-state index is 3.37. The molecule has 2 nitrogen and oxygen atoms in total. The largest absolute Gasteiger partial charge is 0.304 e. The third kappa shape index (κ3) is 1.00. The molecule has 1 saturated heterocycles. The van der Waals surface area contributed by atoms with E-state index in [0.717, 1.165) is 13.2 Å². The molecule has 1 fully saturated rings. The Morgan fingerprint density at radius 1 is 1.20 bits per heavy atom. The molecule has 0 aromatic heterocycles. The number of hydrogen-bond acceptors (Lipinski definition) is 2. The Kier molecular flexibility index (Phi) is 1.57. The monoisotopic (exact) mass is 136 g/mol. The lowest BCUT2D eigenvalue weighted by Gasteiger charge is -2.30. The fraction of sp³-hybridized carbons (Fsp3) is 0.500.